The van der Waals surface area contributed by atoms with Crippen LogP contribution in [0.4, 0.5) is 4.39 Å². The number of hydrogen-bond acceptors (Lipinski definition) is 2. The molecule has 0 aromatic heterocycles. The molecule has 4 heteroatoms. The number of rotatable bonds is 2. The molecule has 3 N–H and O–H groups in total. The summed E-state index contributed by atoms with van der Waals surface area (Å²) in [6.07, 6.45) is -0.989. The van der Waals surface area contributed by atoms with Crippen molar-refractivity contribution in [2.75, 3.05) is 0 Å². The van der Waals surface area contributed by atoms with E-state index >= 15 is 0 Å². The maximum Gasteiger partial charge on any atom is 0.130 e. The Bertz CT molecular complexity index is 304. The minimum Gasteiger partial charge on any atom is -0.387 e. The predicted molar refractivity (Wildman–Crippen MR) is 50.0 cm³/mol. The Morgan fingerprint density at radius 3 is 2.62 bits per heavy atom. The van der Waals surface area contributed by atoms with Crippen LogP contribution in [-0.4, -0.2) is 11.1 Å². The molecule has 1 rings (SSSR count). The van der Waals surface area contributed by atoms with E-state index in [1.165, 1.54) is 12.1 Å². The Morgan fingerprint density at radius 1 is 1.54 bits per heavy atom. The van der Waals surface area contributed by atoms with Gasteiger partial charge in [-0.2, -0.15) is 0 Å². The van der Waals surface area contributed by atoms with Gasteiger partial charge in [0, 0.05) is 16.6 Å². The average molecular weight is 204 g/mol. The Balaban J connectivity index is 3.01. The van der Waals surface area contributed by atoms with Crippen molar-refractivity contribution in [3.8, 4) is 0 Å². The third-order valence-electron chi connectivity index (χ3n) is 1.78. The Labute approximate surface area is 81.1 Å². The summed E-state index contributed by atoms with van der Waals surface area (Å²) in [5.41, 5.74) is 5.61. The molecule has 2 nitrogen and oxygen atoms in total. The molecule has 72 valence electrons. The molecule has 0 aliphatic heterocycles. The van der Waals surface area contributed by atoms with Crippen LogP contribution in [0, 0.1) is 5.82 Å². The first kappa shape index (κ1) is 10.4. The molecule has 0 fully saturated rings. The van der Waals surface area contributed by atoms with Crippen molar-refractivity contribution < 1.29 is 9.50 Å². The van der Waals surface area contributed by atoms with Crippen LogP contribution >= 0.6 is 11.6 Å². The zero-order valence-corrected chi connectivity index (χ0v) is 7.92. The number of hydrogen-bond donors (Lipinski definition) is 2. The van der Waals surface area contributed by atoms with Crippen molar-refractivity contribution in [3.63, 3.8) is 0 Å². The van der Waals surface area contributed by atoms with E-state index in [0.29, 0.717) is 5.02 Å². The monoisotopic (exact) mass is 203 g/mol. The highest BCUT2D eigenvalue weighted by Crippen LogP contribution is 2.22. The molecule has 0 aliphatic carbocycles. The fraction of sp³-hybridized carbons (Fsp3) is 0.333. The highest BCUT2D eigenvalue weighted by atomic mass is 35.5. The van der Waals surface area contributed by atoms with E-state index in [1.807, 2.05) is 0 Å². The summed E-state index contributed by atoms with van der Waals surface area (Å²) in [5, 5.41) is 9.77. The summed E-state index contributed by atoms with van der Waals surface area (Å²) in [7, 11) is 0. The Kier molecular flexibility index (Phi) is 3.25. The quantitative estimate of drug-likeness (QED) is 0.771. The minimum atomic E-state index is -0.989. The average Bonchev–Trinajstić information content (AvgIpc) is 2.03. The maximum atomic E-state index is 13.2. The fourth-order valence-electron chi connectivity index (χ4n) is 1.02. The first-order valence-corrected chi connectivity index (χ1v) is 4.28. The molecule has 0 radical (unpaired) electrons. The number of halogens is 2. The van der Waals surface area contributed by atoms with Gasteiger partial charge in [-0.3, -0.25) is 0 Å². The largest absolute Gasteiger partial charge is 0.387 e. The van der Waals surface area contributed by atoms with E-state index < -0.39 is 18.0 Å². The van der Waals surface area contributed by atoms with Crippen molar-refractivity contribution in [2.24, 2.45) is 5.73 Å². The molecule has 0 bridgehead atoms. The molecule has 0 saturated heterocycles. The molecule has 0 unspecified atom stereocenters. The summed E-state index contributed by atoms with van der Waals surface area (Å²) in [6.45, 7) is 1.61. The van der Waals surface area contributed by atoms with E-state index in [-0.39, 0.29) is 5.56 Å². The lowest BCUT2D eigenvalue weighted by molar-refractivity contribution is 0.149. The van der Waals surface area contributed by atoms with Gasteiger partial charge in [0.25, 0.3) is 0 Å². The van der Waals surface area contributed by atoms with Gasteiger partial charge in [-0.1, -0.05) is 17.7 Å². The number of aliphatic hydroxyl groups excluding tert-OH is 1. The van der Waals surface area contributed by atoms with Crippen LogP contribution in [0.3, 0.4) is 0 Å². The van der Waals surface area contributed by atoms with Crippen LogP contribution in [-0.2, 0) is 0 Å². The first-order valence-electron chi connectivity index (χ1n) is 3.91. The third-order valence-corrected chi connectivity index (χ3v) is 2.01. The third kappa shape index (κ3) is 2.40. The smallest absolute Gasteiger partial charge is 0.130 e. The lowest BCUT2D eigenvalue weighted by Crippen LogP contribution is -2.25. The van der Waals surface area contributed by atoms with Crippen LogP contribution in [0.5, 0.6) is 0 Å². The number of benzene rings is 1. The summed E-state index contributed by atoms with van der Waals surface area (Å²) < 4.78 is 13.2. The predicted octanol–water partition coefficient (Wildman–Crippen LogP) is 1.86. The van der Waals surface area contributed by atoms with Gasteiger partial charge >= 0.3 is 0 Å². The van der Waals surface area contributed by atoms with Crippen LogP contribution in [0.1, 0.15) is 18.6 Å². The second-order valence-electron chi connectivity index (χ2n) is 2.97. The topological polar surface area (TPSA) is 46.2 Å². The second kappa shape index (κ2) is 4.05. The van der Waals surface area contributed by atoms with Crippen LogP contribution < -0.4 is 5.73 Å². The van der Waals surface area contributed by atoms with Gasteiger partial charge < -0.3 is 10.8 Å². The van der Waals surface area contributed by atoms with E-state index in [9.17, 15) is 9.50 Å². The van der Waals surface area contributed by atoms with Gasteiger partial charge in [-0.25, -0.2) is 4.39 Å². The van der Waals surface area contributed by atoms with Gasteiger partial charge in [0.1, 0.15) is 5.82 Å². The molecule has 0 spiro atoms. The van der Waals surface area contributed by atoms with E-state index in [1.54, 1.807) is 6.92 Å². The molecule has 13 heavy (non-hydrogen) atoms. The highest BCUT2D eigenvalue weighted by Gasteiger charge is 2.16. The summed E-state index contributed by atoms with van der Waals surface area (Å²) >= 11 is 5.55. The fourth-order valence-corrected chi connectivity index (χ4v) is 1.18. The SMILES string of the molecule is C[C@@H](N)[C@H](O)c1ccc(Cl)cc1F. The van der Waals surface area contributed by atoms with Crippen LogP contribution in [0.15, 0.2) is 18.2 Å². The van der Waals surface area contributed by atoms with Gasteiger partial charge in [0.05, 0.1) is 6.10 Å². The Morgan fingerprint density at radius 2 is 2.15 bits per heavy atom. The molecule has 1 aromatic carbocycles. The second-order valence-corrected chi connectivity index (χ2v) is 3.41. The standard InChI is InChI=1S/C9H11ClFNO/c1-5(12)9(13)7-3-2-6(10)4-8(7)11/h2-5,9,13H,12H2,1H3/t5-,9+/m1/s1. The molecule has 1 aromatic rings. The van der Waals surface area contributed by atoms with Crippen LogP contribution in [0.2, 0.25) is 5.02 Å². The van der Waals surface area contributed by atoms with E-state index in [4.69, 9.17) is 17.3 Å². The summed E-state index contributed by atoms with van der Waals surface area (Å²) in [4.78, 5) is 0. The molecule has 0 aliphatic rings. The lowest BCUT2D eigenvalue weighted by Gasteiger charge is -2.15. The highest BCUT2D eigenvalue weighted by molar-refractivity contribution is 6.30. The molecule has 2 atom stereocenters. The van der Waals surface area contributed by atoms with Crippen molar-refractivity contribution in [2.45, 2.75) is 19.1 Å². The zero-order valence-electron chi connectivity index (χ0n) is 7.17. The zero-order chi connectivity index (χ0) is 10.0. The van der Waals surface area contributed by atoms with Gasteiger partial charge in [-0.05, 0) is 19.1 Å². The van der Waals surface area contributed by atoms with E-state index in [2.05, 4.69) is 0 Å². The normalized spacial score (nSPS) is 15.5. The summed E-state index contributed by atoms with van der Waals surface area (Å²) in [5.74, 6) is -0.530. The first-order chi connectivity index (χ1) is 6.02. The Hall–Kier alpha value is -0.640. The number of nitrogens with two attached hydrogens (primary N) is 1. The van der Waals surface area contributed by atoms with Crippen molar-refractivity contribution in [3.05, 3.63) is 34.6 Å². The minimum absolute atomic E-state index is 0.180. The van der Waals surface area contributed by atoms with Gasteiger partial charge in [0.2, 0.25) is 0 Å². The molecular formula is C9H11ClFNO. The molecule has 0 saturated carbocycles. The molecule has 0 heterocycles. The maximum absolute atomic E-state index is 13.2. The van der Waals surface area contributed by atoms with Crippen LogP contribution in [0.25, 0.3) is 0 Å². The lowest BCUT2D eigenvalue weighted by atomic mass is 10.0. The van der Waals surface area contributed by atoms with Crippen molar-refractivity contribution >= 4 is 11.6 Å². The van der Waals surface area contributed by atoms with Crippen molar-refractivity contribution in [1.82, 2.24) is 0 Å². The summed E-state index contributed by atoms with van der Waals surface area (Å²) in [6, 6.07) is 3.61. The van der Waals surface area contributed by atoms with Gasteiger partial charge in [-0.15, -0.1) is 0 Å². The van der Waals surface area contributed by atoms with Crippen molar-refractivity contribution in [1.29, 1.82) is 0 Å². The number of aliphatic hydroxyl groups is 1. The van der Waals surface area contributed by atoms with Gasteiger partial charge in [0.15, 0.2) is 0 Å². The molecule has 0 amide bonds. The molecular weight excluding hydrogens is 193 g/mol. The van der Waals surface area contributed by atoms with E-state index in [0.717, 1.165) is 6.07 Å².